The summed E-state index contributed by atoms with van der Waals surface area (Å²) in [5.74, 6) is -0.124. The van der Waals surface area contributed by atoms with Crippen LogP contribution in [0.4, 0.5) is 4.39 Å². The maximum Gasteiger partial charge on any atom is 0.569 e. The number of unbranched alkanes of at least 4 members (excludes halogenated alkanes) is 1. The molecule has 0 saturated carbocycles. The van der Waals surface area contributed by atoms with Gasteiger partial charge in [0, 0.05) is 6.07 Å². The third-order valence-electron chi connectivity index (χ3n) is 1.85. The summed E-state index contributed by atoms with van der Waals surface area (Å²) >= 11 is 0. The van der Waals surface area contributed by atoms with Crippen molar-refractivity contribution < 1.29 is 18.8 Å². The Morgan fingerprint density at radius 3 is 2.87 bits per heavy atom. The maximum absolute atomic E-state index is 13.2. The molecule has 1 N–H and O–H groups in total. The van der Waals surface area contributed by atoms with Crippen LogP contribution < -0.4 is 9.39 Å². The van der Waals surface area contributed by atoms with Crippen molar-refractivity contribution in [2.45, 2.75) is 19.8 Å². The largest absolute Gasteiger partial charge is 0.569 e. The molecule has 81 valence electrons. The van der Waals surface area contributed by atoms with Crippen LogP contribution in [0.25, 0.3) is 0 Å². The smallest absolute Gasteiger partial charge is 0.535 e. The van der Waals surface area contributed by atoms with Gasteiger partial charge in [-0.25, -0.2) is 4.39 Å². The van der Waals surface area contributed by atoms with Gasteiger partial charge in [-0.3, -0.25) is 0 Å². The molecule has 0 saturated heterocycles. The fourth-order valence-corrected chi connectivity index (χ4v) is 1.06. The molecular formula is C10H13BFO3. The predicted molar refractivity (Wildman–Crippen MR) is 55.4 cm³/mol. The van der Waals surface area contributed by atoms with Crippen LogP contribution in [0.15, 0.2) is 18.2 Å². The molecule has 1 radical (unpaired) electrons. The zero-order valence-corrected chi connectivity index (χ0v) is 8.57. The fourth-order valence-electron chi connectivity index (χ4n) is 1.06. The lowest BCUT2D eigenvalue weighted by molar-refractivity contribution is 0.307. The molecule has 0 aromatic heterocycles. The van der Waals surface area contributed by atoms with Crippen molar-refractivity contribution in [3.8, 4) is 11.5 Å². The average molecular weight is 211 g/mol. The van der Waals surface area contributed by atoms with E-state index in [1.165, 1.54) is 12.1 Å². The summed E-state index contributed by atoms with van der Waals surface area (Å²) in [6, 6.07) is 4.23. The minimum absolute atomic E-state index is 0.0275. The van der Waals surface area contributed by atoms with Crippen LogP contribution in [-0.2, 0) is 0 Å². The molecule has 0 bridgehead atoms. The van der Waals surface area contributed by atoms with E-state index in [0.717, 1.165) is 12.8 Å². The Labute approximate surface area is 89.1 Å². The normalized spacial score (nSPS) is 9.80. The van der Waals surface area contributed by atoms with Gasteiger partial charge in [-0.15, -0.1) is 0 Å². The number of hydrogen-bond donors (Lipinski definition) is 1. The van der Waals surface area contributed by atoms with E-state index in [4.69, 9.17) is 9.76 Å². The summed E-state index contributed by atoms with van der Waals surface area (Å²) in [4.78, 5) is 0. The molecule has 1 rings (SSSR count). The Morgan fingerprint density at radius 1 is 1.47 bits per heavy atom. The summed E-state index contributed by atoms with van der Waals surface area (Å²) in [5.41, 5.74) is 0. The molecule has 1 aromatic carbocycles. The molecule has 0 spiro atoms. The van der Waals surface area contributed by atoms with Gasteiger partial charge in [0.25, 0.3) is 0 Å². The molecule has 0 fully saturated rings. The number of hydrogen-bond acceptors (Lipinski definition) is 3. The quantitative estimate of drug-likeness (QED) is 0.576. The summed E-state index contributed by atoms with van der Waals surface area (Å²) in [5, 5.41) is 8.34. The summed E-state index contributed by atoms with van der Waals surface area (Å²) < 4.78 is 23.0. The lowest BCUT2D eigenvalue weighted by Crippen LogP contribution is -2.02. The van der Waals surface area contributed by atoms with Crippen LogP contribution in [0.3, 0.4) is 0 Å². The Kier molecular flexibility index (Phi) is 4.97. The van der Waals surface area contributed by atoms with Crippen molar-refractivity contribution in [1.29, 1.82) is 0 Å². The minimum atomic E-state index is -0.561. The fraction of sp³-hybridized carbons (Fsp3) is 0.400. The molecule has 3 nitrogen and oxygen atoms in total. The molecule has 1 aromatic rings. The summed E-state index contributed by atoms with van der Waals surface area (Å²) in [6.07, 6.45) is 1.97. The van der Waals surface area contributed by atoms with Gasteiger partial charge in [0.15, 0.2) is 5.82 Å². The maximum atomic E-state index is 13.2. The Balaban J connectivity index is 2.56. The minimum Gasteiger partial charge on any atom is -0.535 e. The SMILES string of the molecule is CCCCOc1ccc(O[B]O)c(F)c1. The van der Waals surface area contributed by atoms with Crippen molar-refractivity contribution in [2.24, 2.45) is 0 Å². The first-order chi connectivity index (χ1) is 7.27. The van der Waals surface area contributed by atoms with Crippen molar-refractivity contribution in [3.63, 3.8) is 0 Å². The molecule has 5 heteroatoms. The van der Waals surface area contributed by atoms with E-state index in [1.54, 1.807) is 6.07 Å². The molecule has 0 heterocycles. The average Bonchev–Trinajstić information content (AvgIpc) is 2.23. The second-order valence-electron chi connectivity index (χ2n) is 3.02. The highest BCUT2D eigenvalue weighted by Crippen LogP contribution is 2.22. The highest BCUT2D eigenvalue weighted by Gasteiger charge is 2.05. The van der Waals surface area contributed by atoms with E-state index in [2.05, 4.69) is 11.6 Å². The predicted octanol–water partition coefficient (Wildman–Crippen LogP) is 1.91. The van der Waals surface area contributed by atoms with Gasteiger partial charge in [0.1, 0.15) is 11.5 Å². The van der Waals surface area contributed by atoms with Gasteiger partial charge in [-0.2, -0.15) is 0 Å². The first kappa shape index (κ1) is 11.8. The zero-order chi connectivity index (χ0) is 11.1. The van der Waals surface area contributed by atoms with Gasteiger partial charge in [0.05, 0.1) is 6.61 Å². The lowest BCUT2D eigenvalue weighted by Gasteiger charge is -2.07. The van der Waals surface area contributed by atoms with Crippen molar-refractivity contribution in [1.82, 2.24) is 0 Å². The highest BCUT2D eigenvalue weighted by molar-refractivity contribution is 6.17. The monoisotopic (exact) mass is 211 g/mol. The molecular weight excluding hydrogens is 198 g/mol. The molecule has 0 aliphatic rings. The van der Waals surface area contributed by atoms with E-state index in [1.807, 2.05) is 0 Å². The van der Waals surface area contributed by atoms with E-state index in [9.17, 15) is 4.39 Å². The molecule has 0 aliphatic heterocycles. The third-order valence-corrected chi connectivity index (χ3v) is 1.85. The molecule has 0 atom stereocenters. The van der Waals surface area contributed by atoms with Crippen LogP contribution in [0.5, 0.6) is 11.5 Å². The van der Waals surface area contributed by atoms with Gasteiger partial charge in [-0.1, -0.05) is 13.3 Å². The van der Waals surface area contributed by atoms with Gasteiger partial charge in [0.2, 0.25) is 0 Å². The van der Waals surface area contributed by atoms with Gasteiger partial charge < -0.3 is 14.4 Å². The Hall–Kier alpha value is -1.23. The van der Waals surface area contributed by atoms with Gasteiger partial charge in [-0.05, 0) is 18.6 Å². The number of halogens is 1. The summed E-state index contributed by atoms with van der Waals surface area (Å²) in [7, 11) is 0.441. The Morgan fingerprint density at radius 2 is 2.27 bits per heavy atom. The molecule has 15 heavy (non-hydrogen) atoms. The van der Waals surface area contributed by atoms with Crippen LogP contribution in [0.1, 0.15) is 19.8 Å². The lowest BCUT2D eigenvalue weighted by atomic mass is 10.3. The van der Waals surface area contributed by atoms with Crippen LogP contribution >= 0.6 is 0 Å². The Bertz CT molecular complexity index is 307. The van der Waals surface area contributed by atoms with Crippen LogP contribution in [0, 0.1) is 5.82 Å². The molecule has 0 unspecified atom stereocenters. The second kappa shape index (κ2) is 6.29. The van der Waals surface area contributed by atoms with Crippen LogP contribution in [0.2, 0.25) is 0 Å². The van der Waals surface area contributed by atoms with E-state index in [0.29, 0.717) is 20.0 Å². The second-order valence-corrected chi connectivity index (χ2v) is 3.02. The first-order valence-electron chi connectivity index (χ1n) is 4.82. The number of rotatable bonds is 6. The van der Waals surface area contributed by atoms with Crippen molar-refractivity contribution >= 4 is 7.69 Å². The van der Waals surface area contributed by atoms with Crippen molar-refractivity contribution in [3.05, 3.63) is 24.0 Å². The van der Waals surface area contributed by atoms with Crippen LogP contribution in [-0.4, -0.2) is 19.3 Å². The van der Waals surface area contributed by atoms with E-state index >= 15 is 0 Å². The third kappa shape index (κ3) is 3.79. The molecule has 0 aliphatic carbocycles. The zero-order valence-electron chi connectivity index (χ0n) is 8.57. The standard InChI is InChI=1S/C10H13BFO3/c1-2-3-6-14-8-4-5-10(15-11-13)9(12)7-8/h4-5,7,13H,2-3,6H2,1H3. The van der Waals surface area contributed by atoms with Gasteiger partial charge >= 0.3 is 7.69 Å². The van der Waals surface area contributed by atoms with E-state index in [-0.39, 0.29) is 5.75 Å². The highest BCUT2D eigenvalue weighted by atomic mass is 19.1. The summed E-state index contributed by atoms with van der Waals surface area (Å²) in [6.45, 7) is 2.63. The van der Waals surface area contributed by atoms with Crippen molar-refractivity contribution in [2.75, 3.05) is 6.61 Å². The topological polar surface area (TPSA) is 38.7 Å². The first-order valence-corrected chi connectivity index (χ1v) is 4.82. The van der Waals surface area contributed by atoms with E-state index < -0.39 is 5.82 Å². The number of ether oxygens (including phenoxy) is 1. The number of benzene rings is 1. The molecule has 0 amide bonds.